The second kappa shape index (κ2) is 4.52. The molecule has 2 rings (SSSR count). The topological polar surface area (TPSA) is 76.8 Å². The van der Waals surface area contributed by atoms with Crippen molar-refractivity contribution in [2.24, 2.45) is 14.1 Å². The Balaban J connectivity index is 2.10. The minimum Gasteiger partial charge on any atom is -0.304 e. The Morgan fingerprint density at radius 3 is 2.44 bits per heavy atom. The van der Waals surface area contributed by atoms with Crippen LogP contribution in [-0.2, 0) is 14.1 Å². The van der Waals surface area contributed by atoms with Gasteiger partial charge in [-0.1, -0.05) is 0 Å². The number of hydrogen-bond acceptors (Lipinski definition) is 3. The molecule has 7 heteroatoms. The summed E-state index contributed by atoms with van der Waals surface area (Å²) in [6.07, 6.45) is 1.62. The van der Waals surface area contributed by atoms with E-state index in [1.807, 2.05) is 20.9 Å². The molecule has 0 saturated carbocycles. The number of aromatic nitrogens is 4. The molecule has 7 nitrogen and oxygen atoms in total. The lowest BCUT2D eigenvalue weighted by Gasteiger charge is -2.07. The van der Waals surface area contributed by atoms with E-state index < -0.39 is 0 Å². The smallest absolute Gasteiger partial charge is 0.304 e. The summed E-state index contributed by atoms with van der Waals surface area (Å²) < 4.78 is 3.32. The van der Waals surface area contributed by atoms with Gasteiger partial charge in [-0.3, -0.25) is 14.7 Å². The Morgan fingerprint density at radius 1 is 1.22 bits per heavy atom. The molecule has 0 saturated heterocycles. The first-order valence-electron chi connectivity index (χ1n) is 5.55. The van der Waals surface area contributed by atoms with Gasteiger partial charge in [-0.2, -0.15) is 10.2 Å². The molecular weight excluding hydrogens is 232 g/mol. The molecule has 0 spiro atoms. The lowest BCUT2D eigenvalue weighted by Crippen LogP contribution is -2.21. The molecule has 0 unspecified atom stereocenters. The van der Waals surface area contributed by atoms with Gasteiger partial charge in [0.15, 0.2) is 0 Å². The fourth-order valence-corrected chi connectivity index (χ4v) is 1.71. The first-order valence-corrected chi connectivity index (χ1v) is 5.55. The number of amides is 2. The van der Waals surface area contributed by atoms with E-state index in [0.29, 0.717) is 5.82 Å². The number of aryl methyl sites for hydroxylation is 3. The highest BCUT2D eigenvalue weighted by Gasteiger charge is 2.13. The van der Waals surface area contributed by atoms with E-state index in [0.717, 1.165) is 17.1 Å². The largest absolute Gasteiger partial charge is 0.324 e. The molecule has 18 heavy (non-hydrogen) atoms. The van der Waals surface area contributed by atoms with E-state index in [1.165, 1.54) is 0 Å². The summed E-state index contributed by atoms with van der Waals surface area (Å²) in [5.41, 5.74) is 2.43. The third kappa shape index (κ3) is 2.20. The van der Waals surface area contributed by atoms with Crippen LogP contribution in [0.25, 0.3) is 0 Å². The Bertz CT molecular complexity index is 582. The number of nitrogens with one attached hydrogen (secondary N) is 2. The highest BCUT2D eigenvalue weighted by atomic mass is 16.2. The summed E-state index contributed by atoms with van der Waals surface area (Å²) in [6, 6.07) is 1.42. The number of hydrogen-bond donors (Lipinski definition) is 2. The molecule has 0 fully saturated rings. The SMILES string of the molecule is Cc1nn(C)c(C)c1NC(=O)Nc1ccnn1C. The molecular formula is C11H16N6O. The minimum atomic E-state index is -0.308. The summed E-state index contributed by atoms with van der Waals surface area (Å²) in [5.74, 6) is 0.631. The first kappa shape index (κ1) is 12.2. The fraction of sp³-hybridized carbons (Fsp3) is 0.364. The normalized spacial score (nSPS) is 10.4. The third-order valence-corrected chi connectivity index (χ3v) is 2.81. The molecule has 0 bridgehead atoms. The molecule has 2 N–H and O–H groups in total. The monoisotopic (exact) mass is 248 g/mol. The summed E-state index contributed by atoms with van der Waals surface area (Å²) in [4.78, 5) is 11.8. The van der Waals surface area contributed by atoms with Crippen LogP contribution in [0.3, 0.4) is 0 Å². The second-order valence-electron chi connectivity index (χ2n) is 4.09. The van der Waals surface area contributed by atoms with Gasteiger partial charge in [-0.15, -0.1) is 0 Å². The number of anilines is 2. The van der Waals surface area contributed by atoms with Crippen LogP contribution in [0.2, 0.25) is 0 Å². The van der Waals surface area contributed by atoms with Crippen LogP contribution >= 0.6 is 0 Å². The van der Waals surface area contributed by atoms with Crippen LogP contribution in [0.4, 0.5) is 16.3 Å². The zero-order chi connectivity index (χ0) is 13.3. The van der Waals surface area contributed by atoms with E-state index in [4.69, 9.17) is 0 Å². The summed E-state index contributed by atoms with van der Waals surface area (Å²) >= 11 is 0. The fourth-order valence-electron chi connectivity index (χ4n) is 1.71. The van der Waals surface area contributed by atoms with Crippen LogP contribution < -0.4 is 10.6 Å². The number of nitrogens with zero attached hydrogens (tertiary/aromatic N) is 4. The quantitative estimate of drug-likeness (QED) is 0.843. The number of rotatable bonds is 2. The number of carbonyl (C=O) groups excluding carboxylic acids is 1. The number of carbonyl (C=O) groups is 1. The maximum atomic E-state index is 11.8. The van der Waals surface area contributed by atoms with Crippen molar-refractivity contribution in [1.82, 2.24) is 19.6 Å². The van der Waals surface area contributed by atoms with E-state index in [1.54, 1.807) is 28.7 Å². The molecule has 0 aromatic carbocycles. The predicted molar refractivity (Wildman–Crippen MR) is 68.5 cm³/mol. The molecule has 96 valence electrons. The van der Waals surface area contributed by atoms with Gasteiger partial charge >= 0.3 is 6.03 Å². The summed E-state index contributed by atoms with van der Waals surface area (Å²) in [7, 11) is 3.60. The molecule has 0 radical (unpaired) electrons. The van der Waals surface area contributed by atoms with Crippen LogP contribution in [-0.4, -0.2) is 25.6 Å². The van der Waals surface area contributed by atoms with Gasteiger partial charge in [-0.05, 0) is 13.8 Å². The van der Waals surface area contributed by atoms with E-state index in [-0.39, 0.29) is 6.03 Å². The van der Waals surface area contributed by atoms with E-state index in [2.05, 4.69) is 20.8 Å². The second-order valence-corrected chi connectivity index (χ2v) is 4.09. The van der Waals surface area contributed by atoms with Gasteiger partial charge < -0.3 is 5.32 Å². The zero-order valence-electron chi connectivity index (χ0n) is 10.9. The van der Waals surface area contributed by atoms with Gasteiger partial charge in [0, 0.05) is 20.2 Å². The van der Waals surface area contributed by atoms with Gasteiger partial charge in [0.25, 0.3) is 0 Å². The van der Waals surface area contributed by atoms with Crippen molar-refractivity contribution in [3.05, 3.63) is 23.7 Å². The van der Waals surface area contributed by atoms with Crippen molar-refractivity contribution in [2.45, 2.75) is 13.8 Å². The molecule has 0 aliphatic heterocycles. The molecule has 0 atom stereocenters. The zero-order valence-corrected chi connectivity index (χ0v) is 10.9. The van der Waals surface area contributed by atoms with Crippen LogP contribution in [0.5, 0.6) is 0 Å². The van der Waals surface area contributed by atoms with Crippen LogP contribution in [0.15, 0.2) is 12.3 Å². The van der Waals surface area contributed by atoms with Crippen molar-refractivity contribution in [1.29, 1.82) is 0 Å². The molecule has 0 aliphatic carbocycles. The highest BCUT2D eigenvalue weighted by molar-refractivity contribution is 5.99. The van der Waals surface area contributed by atoms with Crippen LogP contribution in [0.1, 0.15) is 11.4 Å². The Kier molecular flexibility index (Phi) is 3.05. The Labute approximate surface area is 105 Å². The summed E-state index contributed by atoms with van der Waals surface area (Å²) in [5, 5.41) is 13.7. The molecule has 2 amide bonds. The van der Waals surface area contributed by atoms with E-state index >= 15 is 0 Å². The van der Waals surface area contributed by atoms with Gasteiger partial charge in [0.05, 0.1) is 23.3 Å². The Hall–Kier alpha value is -2.31. The van der Waals surface area contributed by atoms with Crippen LogP contribution in [0, 0.1) is 13.8 Å². The van der Waals surface area contributed by atoms with Crippen molar-refractivity contribution >= 4 is 17.5 Å². The average molecular weight is 248 g/mol. The van der Waals surface area contributed by atoms with Gasteiger partial charge in [0.1, 0.15) is 5.82 Å². The Morgan fingerprint density at radius 2 is 1.94 bits per heavy atom. The first-order chi connectivity index (χ1) is 8.49. The maximum Gasteiger partial charge on any atom is 0.324 e. The van der Waals surface area contributed by atoms with E-state index in [9.17, 15) is 4.79 Å². The maximum absolute atomic E-state index is 11.8. The third-order valence-electron chi connectivity index (χ3n) is 2.81. The lowest BCUT2D eigenvalue weighted by molar-refractivity contribution is 0.262. The highest BCUT2D eigenvalue weighted by Crippen LogP contribution is 2.18. The molecule has 2 heterocycles. The van der Waals surface area contributed by atoms with Crippen molar-refractivity contribution < 1.29 is 4.79 Å². The molecule has 2 aromatic rings. The van der Waals surface area contributed by atoms with Crippen molar-refractivity contribution in [3.8, 4) is 0 Å². The van der Waals surface area contributed by atoms with Gasteiger partial charge in [0.2, 0.25) is 0 Å². The molecule has 0 aliphatic rings. The van der Waals surface area contributed by atoms with Crippen molar-refractivity contribution in [3.63, 3.8) is 0 Å². The average Bonchev–Trinajstić information content (AvgIpc) is 2.79. The van der Waals surface area contributed by atoms with Gasteiger partial charge in [-0.25, -0.2) is 4.79 Å². The standard InChI is InChI=1S/C11H16N6O/c1-7-10(8(2)16(3)15-7)14-11(18)13-9-5-6-12-17(9)4/h5-6H,1-4H3,(H2,13,14,18). The number of urea groups is 1. The molecule has 2 aromatic heterocycles. The minimum absolute atomic E-state index is 0.308. The summed E-state index contributed by atoms with van der Waals surface area (Å²) in [6.45, 7) is 3.76. The van der Waals surface area contributed by atoms with Crippen molar-refractivity contribution in [2.75, 3.05) is 10.6 Å². The lowest BCUT2D eigenvalue weighted by atomic mass is 10.3. The predicted octanol–water partition coefficient (Wildman–Crippen LogP) is 1.41.